The Hall–Kier alpha value is -3.94. The molecule has 0 aliphatic carbocycles. The third-order valence-corrected chi connectivity index (χ3v) is 6.40. The highest BCUT2D eigenvalue weighted by molar-refractivity contribution is 6.00. The monoisotopic (exact) mass is 482 g/mol. The predicted octanol–water partition coefficient (Wildman–Crippen LogP) is 4.31. The fourth-order valence-electron chi connectivity index (χ4n) is 4.37. The number of hydrogen-bond acceptors (Lipinski definition) is 5. The van der Waals surface area contributed by atoms with Gasteiger partial charge >= 0.3 is 0 Å². The van der Waals surface area contributed by atoms with E-state index in [-0.39, 0.29) is 5.91 Å². The number of carbonyl (C=O) groups excluding carboxylic acids is 1. The lowest BCUT2D eigenvalue weighted by atomic mass is 10.1. The topological polar surface area (TPSA) is 68.6 Å². The molecule has 2 heterocycles. The number of nitrogens with zero attached hydrogens (tertiary/aromatic N) is 3. The van der Waals surface area contributed by atoms with Crippen molar-refractivity contribution in [3.63, 3.8) is 0 Å². The van der Waals surface area contributed by atoms with Crippen molar-refractivity contribution in [2.75, 3.05) is 33.4 Å². The van der Waals surface area contributed by atoms with Crippen LogP contribution in [0, 0.1) is 0 Å². The second-order valence-electron chi connectivity index (χ2n) is 8.74. The van der Waals surface area contributed by atoms with Crippen molar-refractivity contribution in [3.8, 4) is 22.7 Å². The van der Waals surface area contributed by atoms with Crippen molar-refractivity contribution in [1.82, 2.24) is 20.0 Å². The molecule has 0 unspecified atom stereocenters. The predicted molar refractivity (Wildman–Crippen MR) is 139 cm³/mol. The van der Waals surface area contributed by atoms with E-state index in [0.717, 1.165) is 55.4 Å². The number of amides is 1. The molecule has 1 N–H and O–H groups in total. The Morgan fingerprint density at radius 2 is 1.64 bits per heavy atom. The van der Waals surface area contributed by atoms with Crippen molar-refractivity contribution < 1.29 is 14.3 Å². The van der Waals surface area contributed by atoms with Crippen LogP contribution >= 0.6 is 0 Å². The van der Waals surface area contributed by atoms with Crippen LogP contribution < -0.4 is 10.1 Å². The molecule has 184 valence electrons. The maximum atomic E-state index is 13.5. The van der Waals surface area contributed by atoms with Crippen LogP contribution in [0.1, 0.15) is 21.5 Å². The minimum Gasteiger partial charge on any atom is -0.497 e. The van der Waals surface area contributed by atoms with E-state index in [0.29, 0.717) is 17.8 Å². The molecule has 1 saturated heterocycles. The molecule has 1 amide bonds. The summed E-state index contributed by atoms with van der Waals surface area (Å²) >= 11 is 0. The molecule has 0 atom stereocenters. The van der Waals surface area contributed by atoms with Gasteiger partial charge in [0.15, 0.2) is 0 Å². The zero-order chi connectivity index (χ0) is 24.7. The van der Waals surface area contributed by atoms with Crippen LogP contribution in [0.15, 0.2) is 85.1 Å². The first-order valence-corrected chi connectivity index (χ1v) is 12.2. The Bertz CT molecular complexity index is 1300. The standard InChI is InChI=1S/C29H30N4O3/c1-35-26-13-11-22(12-14-26)28-27(21-33(31-28)25-9-3-2-4-10-25)29(34)30-19-23-7-5-6-8-24(23)20-32-15-17-36-18-16-32/h2-14,21H,15-20H2,1H3,(H,30,34). The number of benzene rings is 3. The number of aromatic nitrogens is 2. The molecule has 1 aromatic heterocycles. The van der Waals surface area contributed by atoms with Gasteiger partial charge in [0.2, 0.25) is 0 Å². The molecule has 0 bridgehead atoms. The quantitative estimate of drug-likeness (QED) is 0.405. The zero-order valence-electron chi connectivity index (χ0n) is 20.4. The van der Waals surface area contributed by atoms with Gasteiger partial charge in [-0.1, -0.05) is 42.5 Å². The molecule has 0 radical (unpaired) electrons. The number of nitrogens with one attached hydrogen (secondary N) is 1. The van der Waals surface area contributed by atoms with Gasteiger partial charge in [0, 0.05) is 37.9 Å². The molecular weight excluding hydrogens is 452 g/mol. The summed E-state index contributed by atoms with van der Waals surface area (Å²) in [5.41, 5.74) is 5.22. The first-order chi connectivity index (χ1) is 17.7. The molecule has 36 heavy (non-hydrogen) atoms. The van der Waals surface area contributed by atoms with Crippen molar-refractivity contribution in [2.24, 2.45) is 0 Å². The third kappa shape index (κ3) is 5.48. The molecular formula is C29H30N4O3. The highest BCUT2D eigenvalue weighted by Gasteiger charge is 2.19. The van der Waals surface area contributed by atoms with E-state index in [4.69, 9.17) is 14.6 Å². The number of ether oxygens (including phenoxy) is 2. The molecule has 3 aromatic carbocycles. The summed E-state index contributed by atoms with van der Waals surface area (Å²) in [5, 5.41) is 7.90. The lowest BCUT2D eigenvalue weighted by molar-refractivity contribution is 0.0340. The summed E-state index contributed by atoms with van der Waals surface area (Å²) in [6.07, 6.45) is 1.80. The summed E-state index contributed by atoms with van der Waals surface area (Å²) in [4.78, 5) is 15.8. The summed E-state index contributed by atoms with van der Waals surface area (Å²) in [7, 11) is 1.63. The lowest BCUT2D eigenvalue weighted by Crippen LogP contribution is -2.36. The molecule has 0 spiro atoms. The van der Waals surface area contributed by atoms with Gasteiger partial charge in [-0.15, -0.1) is 0 Å². The van der Waals surface area contributed by atoms with Crippen LogP contribution in [0.3, 0.4) is 0 Å². The van der Waals surface area contributed by atoms with E-state index in [9.17, 15) is 4.79 Å². The average Bonchev–Trinajstić information content (AvgIpc) is 3.39. The van der Waals surface area contributed by atoms with Crippen molar-refractivity contribution in [3.05, 3.63) is 102 Å². The maximum absolute atomic E-state index is 13.5. The van der Waals surface area contributed by atoms with Crippen LogP contribution in [0.2, 0.25) is 0 Å². The third-order valence-electron chi connectivity index (χ3n) is 6.40. The number of hydrogen-bond donors (Lipinski definition) is 1. The fourth-order valence-corrected chi connectivity index (χ4v) is 4.37. The molecule has 7 nitrogen and oxygen atoms in total. The van der Waals surface area contributed by atoms with E-state index < -0.39 is 0 Å². The lowest BCUT2D eigenvalue weighted by Gasteiger charge is -2.27. The van der Waals surface area contributed by atoms with Crippen LogP contribution in [-0.2, 0) is 17.8 Å². The number of rotatable bonds is 8. The van der Waals surface area contributed by atoms with Gasteiger partial charge in [-0.3, -0.25) is 9.69 Å². The van der Waals surface area contributed by atoms with E-state index in [2.05, 4.69) is 22.3 Å². The summed E-state index contributed by atoms with van der Waals surface area (Å²) in [5.74, 6) is 0.591. The normalized spacial score (nSPS) is 13.9. The number of methoxy groups -OCH3 is 1. The molecule has 1 aliphatic rings. The number of carbonyl (C=O) groups is 1. The van der Waals surface area contributed by atoms with E-state index in [1.807, 2.05) is 66.7 Å². The van der Waals surface area contributed by atoms with Gasteiger partial charge in [-0.25, -0.2) is 4.68 Å². The Kier molecular flexibility index (Phi) is 7.40. The molecule has 0 saturated carbocycles. The van der Waals surface area contributed by atoms with Gasteiger partial charge < -0.3 is 14.8 Å². The van der Waals surface area contributed by atoms with Crippen LogP contribution in [0.25, 0.3) is 16.9 Å². The SMILES string of the molecule is COc1ccc(-c2nn(-c3ccccc3)cc2C(=O)NCc2ccccc2CN2CCOCC2)cc1. The highest BCUT2D eigenvalue weighted by Crippen LogP contribution is 2.26. The largest absolute Gasteiger partial charge is 0.497 e. The van der Waals surface area contributed by atoms with Gasteiger partial charge in [-0.2, -0.15) is 5.10 Å². The Balaban J connectivity index is 1.39. The minimum absolute atomic E-state index is 0.163. The van der Waals surface area contributed by atoms with E-state index >= 15 is 0 Å². The zero-order valence-corrected chi connectivity index (χ0v) is 20.4. The average molecular weight is 483 g/mol. The van der Waals surface area contributed by atoms with Crippen LogP contribution in [-0.4, -0.2) is 54.0 Å². The number of para-hydroxylation sites is 1. The first kappa shape index (κ1) is 23.8. The summed E-state index contributed by atoms with van der Waals surface area (Å²) < 4.78 is 12.5. The van der Waals surface area contributed by atoms with Crippen LogP contribution in [0.5, 0.6) is 5.75 Å². The molecule has 1 fully saturated rings. The first-order valence-electron chi connectivity index (χ1n) is 12.2. The summed E-state index contributed by atoms with van der Waals surface area (Å²) in [6.45, 7) is 4.66. The second kappa shape index (κ2) is 11.2. The van der Waals surface area contributed by atoms with Crippen molar-refractivity contribution in [2.45, 2.75) is 13.1 Å². The minimum atomic E-state index is -0.163. The molecule has 4 aromatic rings. The maximum Gasteiger partial charge on any atom is 0.255 e. The Morgan fingerprint density at radius 1 is 0.944 bits per heavy atom. The second-order valence-corrected chi connectivity index (χ2v) is 8.74. The van der Waals surface area contributed by atoms with E-state index in [1.54, 1.807) is 18.0 Å². The molecule has 1 aliphatic heterocycles. The smallest absolute Gasteiger partial charge is 0.255 e. The fraction of sp³-hybridized carbons (Fsp3) is 0.241. The highest BCUT2D eigenvalue weighted by atomic mass is 16.5. The van der Waals surface area contributed by atoms with Gasteiger partial charge in [0.05, 0.1) is 31.6 Å². The molecule has 7 heteroatoms. The van der Waals surface area contributed by atoms with Gasteiger partial charge in [-0.05, 0) is 47.5 Å². The van der Waals surface area contributed by atoms with Gasteiger partial charge in [0.25, 0.3) is 5.91 Å². The van der Waals surface area contributed by atoms with Gasteiger partial charge in [0.1, 0.15) is 11.4 Å². The molecule has 5 rings (SSSR count). The Labute approximate surface area is 211 Å². The summed E-state index contributed by atoms with van der Waals surface area (Å²) in [6, 6.07) is 25.7. The van der Waals surface area contributed by atoms with Crippen molar-refractivity contribution >= 4 is 5.91 Å². The Morgan fingerprint density at radius 3 is 2.36 bits per heavy atom. The van der Waals surface area contributed by atoms with Crippen molar-refractivity contribution in [1.29, 1.82) is 0 Å². The number of morpholine rings is 1. The van der Waals surface area contributed by atoms with E-state index in [1.165, 1.54) is 5.56 Å². The van der Waals surface area contributed by atoms with Crippen LogP contribution in [0.4, 0.5) is 0 Å².